The summed E-state index contributed by atoms with van der Waals surface area (Å²) in [5.41, 5.74) is 1.39. The van der Waals surface area contributed by atoms with E-state index in [2.05, 4.69) is 0 Å². The van der Waals surface area contributed by atoms with Crippen molar-refractivity contribution in [1.82, 2.24) is 0 Å². The Balaban J connectivity index is 1.38. The van der Waals surface area contributed by atoms with Crippen LogP contribution in [0.25, 0.3) is 0 Å². The molecule has 0 unspecified atom stereocenters. The average Bonchev–Trinajstić information content (AvgIpc) is 3.02. The van der Waals surface area contributed by atoms with Gasteiger partial charge in [0.05, 0.1) is 12.2 Å². The molecular formula is C20H18O6. The fourth-order valence-corrected chi connectivity index (χ4v) is 3.09. The normalized spacial score (nSPS) is 27.0. The summed E-state index contributed by atoms with van der Waals surface area (Å²) >= 11 is 0. The van der Waals surface area contributed by atoms with E-state index >= 15 is 0 Å². The van der Waals surface area contributed by atoms with Crippen molar-refractivity contribution >= 4 is 11.9 Å². The highest BCUT2D eigenvalue weighted by molar-refractivity contribution is 5.91. The van der Waals surface area contributed by atoms with Crippen LogP contribution in [0.15, 0.2) is 60.7 Å². The van der Waals surface area contributed by atoms with Gasteiger partial charge in [-0.3, -0.25) is 0 Å². The molecule has 0 aliphatic carbocycles. The van der Waals surface area contributed by atoms with Crippen molar-refractivity contribution in [2.45, 2.75) is 37.6 Å². The van der Waals surface area contributed by atoms with E-state index in [0.29, 0.717) is 18.6 Å². The smallest absolute Gasteiger partial charge is 0.352 e. The Morgan fingerprint density at radius 1 is 1.04 bits per heavy atom. The van der Waals surface area contributed by atoms with Gasteiger partial charge >= 0.3 is 11.9 Å². The molecule has 4 atom stereocenters. The second kappa shape index (κ2) is 7.27. The van der Waals surface area contributed by atoms with Crippen molar-refractivity contribution in [2.24, 2.45) is 0 Å². The van der Waals surface area contributed by atoms with Gasteiger partial charge in [0, 0.05) is 6.42 Å². The minimum Gasteiger partial charge on any atom is -0.444 e. The first kappa shape index (κ1) is 16.8. The Labute approximate surface area is 150 Å². The Morgan fingerprint density at radius 2 is 1.73 bits per heavy atom. The minimum atomic E-state index is -1.08. The zero-order valence-corrected chi connectivity index (χ0v) is 13.9. The molecule has 0 N–H and O–H groups in total. The highest BCUT2D eigenvalue weighted by Crippen LogP contribution is 2.33. The predicted octanol–water partition coefficient (Wildman–Crippen LogP) is 2.47. The first-order valence-corrected chi connectivity index (χ1v) is 8.48. The third-order valence-corrected chi connectivity index (χ3v) is 4.43. The fourth-order valence-electron chi connectivity index (χ4n) is 3.09. The molecule has 0 aromatic heterocycles. The van der Waals surface area contributed by atoms with Gasteiger partial charge < -0.3 is 18.9 Å². The predicted molar refractivity (Wildman–Crippen MR) is 90.0 cm³/mol. The molecule has 4 rings (SSSR count). The molecule has 2 fully saturated rings. The first-order valence-electron chi connectivity index (χ1n) is 8.48. The fraction of sp³-hybridized carbons (Fsp3) is 0.300. The Hall–Kier alpha value is -2.70. The molecule has 2 aliphatic heterocycles. The molecule has 6 nitrogen and oxygen atoms in total. The van der Waals surface area contributed by atoms with Gasteiger partial charge in [0.25, 0.3) is 0 Å². The van der Waals surface area contributed by atoms with Crippen LogP contribution in [0.2, 0.25) is 0 Å². The molecule has 2 aromatic carbocycles. The molecule has 26 heavy (non-hydrogen) atoms. The van der Waals surface area contributed by atoms with E-state index in [1.54, 1.807) is 30.3 Å². The molecule has 2 aromatic rings. The lowest BCUT2D eigenvalue weighted by molar-refractivity contribution is -0.232. The molecule has 2 aliphatic rings. The number of carbonyl (C=O) groups excluding carboxylic acids is 2. The number of hydrogen-bond donors (Lipinski definition) is 0. The van der Waals surface area contributed by atoms with Crippen molar-refractivity contribution < 1.29 is 28.5 Å². The summed E-state index contributed by atoms with van der Waals surface area (Å²) in [7, 11) is 0. The Bertz CT molecular complexity index is 775. The molecule has 6 heteroatoms. The summed E-state index contributed by atoms with van der Waals surface area (Å²) in [6, 6.07) is 18.2. The number of ether oxygens (including phenoxy) is 4. The van der Waals surface area contributed by atoms with Gasteiger partial charge in [-0.25, -0.2) is 9.59 Å². The number of hydrogen-bond acceptors (Lipinski definition) is 6. The van der Waals surface area contributed by atoms with Crippen LogP contribution in [-0.2, 0) is 30.3 Å². The first-order chi connectivity index (χ1) is 12.7. The zero-order chi connectivity index (χ0) is 17.9. The largest absolute Gasteiger partial charge is 0.444 e. The summed E-state index contributed by atoms with van der Waals surface area (Å²) in [5, 5.41) is 0. The lowest BCUT2D eigenvalue weighted by atomic mass is 10.1. The van der Waals surface area contributed by atoms with Crippen LogP contribution in [0.5, 0.6) is 0 Å². The van der Waals surface area contributed by atoms with Gasteiger partial charge in [0.1, 0.15) is 12.2 Å². The highest BCUT2D eigenvalue weighted by Gasteiger charge is 2.52. The van der Waals surface area contributed by atoms with Crippen LogP contribution in [0.3, 0.4) is 0 Å². The maximum Gasteiger partial charge on any atom is 0.352 e. The van der Waals surface area contributed by atoms with Crippen LogP contribution in [0, 0.1) is 0 Å². The molecule has 2 bridgehead atoms. The number of carbonyl (C=O) groups is 2. The van der Waals surface area contributed by atoms with E-state index in [-0.39, 0.29) is 6.10 Å². The van der Waals surface area contributed by atoms with E-state index in [1.807, 2.05) is 30.3 Å². The Kier molecular flexibility index (Phi) is 4.69. The summed E-state index contributed by atoms with van der Waals surface area (Å²) in [4.78, 5) is 24.4. The SMILES string of the molecule is O=C(O[C@@H]1C(=O)O[C@@H]2O[C@H]1C[C@@H]2OCc1ccccc1)c1ccccc1. The lowest BCUT2D eigenvalue weighted by Gasteiger charge is -2.28. The number of rotatable bonds is 5. The van der Waals surface area contributed by atoms with Crippen molar-refractivity contribution in [1.29, 1.82) is 0 Å². The van der Waals surface area contributed by atoms with Gasteiger partial charge in [0.15, 0.2) is 0 Å². The zero-order valence-electron chi connectivity index (χ0n) is 13.9. The van der Waals surface area contributed by atoms with E-state index in [9.17, 15) is 9.59 Å². The molecular weight excluding hydrogens is 336 g/mol. The third-order valence-electron chi connectivity index (χ3n) is 4.43. The maximum atomic E-state index is 12.2. The van der Waals surface area contributed by atoms with Gasteiger partial charge in [-0.2, -0.15) is 0 Å². The highest BCUT2D eigenvalue weighted by atomic mass is 16.8. The summed E-state index contributed by atoms with van der Waals surface area (Å²) < 4.78 is 22.1. The van der Waals surface area contributed by atoms with Gasteiger partial charge in [-0.05, 0) is 17.7 Å². The van der Waals surface area contributed by atoms with Crippen molar-refractivity contribution in [3.05, 3.63) is 71.8 Å². The molecule has 134 valence electrons. The molecule has 2 heterocycles. The van der Waals surface area contributed by atoms with Gasteiger partial charge in [0.2, 0.25) is 12.4 Å². The third kappa shape index (κ3) is 3.47. The molecule has 0 radical (unpaired) electrons. The minimum absolute atomic E-state index is 0.372. The summed E-state index contributed by atoms with van der Waals surface area (Å²) in [5.74, 6) is -1.18. The van der Waals surface area contributed by atoms with E-state index in [1.165, 1.54) is 0 Å². The molecule has 2 saturated heterocycles. The average molecular weight is 354 g/mol. The standard InChI is InChI=1S/C20H18O6/c21-18(14-9-5-2-6-10-14)25-17-15-11-16(20(24-15)26-19(17)22)23-12-13-7-3-1-4-8-13/h1-10,15-17,20H,11-12H2/t15-,16-,17-,20-/m0/s1. The maximum absolute atomic E-state index is 12.2. The number of esters is 2. The van der Waals surface area contributed by atoms with Crippen LogP contribution < -0.4 is 0 Å². The van der Waals surface area contributed by atoms with E-state index < -0.39 is 30.4 Å². The van der Waals surface area contributed by atoms with E-state index in [0.717, 1.165) is 5.56 Å². The van der Waals surface area contributed by atoms with Crippen LogP contribution in [0.4, 0.5) is 0 Å². The van der Waals surface area contributed by atoms with Crippen LogP contribution in [0.1, 0.15) is 22.3 Å². The van der Waals surface area contributed by atoms with Crippen molar-refractivity contribution in [3.63, 3.8) is 0 Å². The number of benzene rings is 2. The van der Waals surface area contributed by atoms with E-state index in [4.69, 9.17) is 18.9 Å². The number of fused-ring (bicyclic) bond motifs is 2. The van der Waals surface area contributed by atoms with Crippen LogP contribution >= 0.6 is 0 Å². The topological polar surface area (TPSA) is 71.1 Å². The molecule has 0 spiro atoms. The van der Waals surface area contributed by atoms with Crippen LogP contribution in [-0.4, -0.2) is 36.5 Å². The van der Waals surface area contributed by atoms with Crippen molar-refractivity contribution in [2.75, 3.05) is 0 Å². The Morgan fingerprint density at radius 3 is 2.46 bits per heavy atom. The second-order valence-electron chi connectivity index (χ2n) is 6.24. The summed E-state index contributed by atoms with van der Waals surface area (Å²) in [6.07, 6.45) is -2.36. The van der Waals surface area contributed by atoms with Gasteiger partial charge in [-0.1, -0.05) is 48.5 Å². The lowest BCUT2D eigenvalue weighted by Crippen LogP contribution is -2.45. The quantitative estimate of drug-likeness (QED) is 0.768. The summed E-state index contributed by atoms with van der Waals surface area (Å²) in [6.45, 7) is 0.393. The second-order valence-corrected chi connectivity index (χ2v) is 6.24. The van der Waals surface area contributed by atoms with Gasteiger partial charge in [-0.15, -0.1) is 0 Å². The molecule has 0 amide bonds. The molecule has 0 saturated carbocycles. The monoisotopic (exact) mass is 354 g/mol. The van der Waals surface area contributed by atoms with Crippen molar-refractivity contribution in [3.8, 4) is 0 Å².